The number of benzene rings is 1. The SMILES string of the molecule is COc1cc(OC)nc(Sc2ccc(CCl)cc2)n1. The first-order valence-corrected chi connectivity index (χ1v) is 6.90. The van der Waals surface area contributed by atoms with E-state index in [0.29, 0.717) is 22.8 Å². The van der Waals surface area contributed by atoms with Crippen LogP contribution in [-0.4, -0.2) is 24.2 Å². The van der Waals surface area contributed by atoms with Gasteiger partial charge in [-0.3, -0.25) is 0 Å². The first-order chi connectivity index (χ1) is 9.25. The number of methoxy groups -OCH3 is 2. The van der Waals surface area contributed by atoms with Crippen LogP contribution in [0.25, 0.3) is 0 Å². The predicted octanol–water partition coefficient (Wildman–Crippen LogP) is 3.38. The third-order valence-corrected chi connectivity index (χ3v) is 3.55. The first kappa shape index (κ1) is 14.0. The molecule has 0 spiro atoms. The summed E-state index contributed by atoms with van der Waals surface area (Å²) in [7, 11) is 3.12. The van der Waals surface area contributed by atoms with Gasteiger partial charge in [-0.2, -0.15) is 9.97 Å². The molecule has 0 aliphatic heterocycles. The van der Waals surface area contributed by atoms with Gasteiger partial charge in [0.2, 0.25) is 11.8 Å². The molecule has 6 heteroatoms. The lowest BCUT2D eigenvalue weighted by Crippen LogP contribution is -1.96. The fourth-order valence-electron chi connectivity index (χ4n) is 1.39. The van der Waals surface area contributed by atoms with Crippen LogP contribution in [0.5, 0.6) is 11.8 Å². The van der Waals surface area contributed by atoms with Crippen molar-refractivity contribution in [3.05, 3.63) is 35.9 Å². The van der Waals surface area contributed by atoms with Crippen LogP contribution in [0, 0.1) is 0 Å². The largest absolute Gasteiger partial charge is 0.481 e. The van der Waals surface area contributed by atoms with Gasteiger partial charge in [0.05, 0.1) is 20.3 Å². The van der Waals surface area contributed by atoms with Crippen LogP contribution < -0.4 is 9.47 Å². The number of hydrogen-bond acceptors (Lipinski definition) is 5. The molecule has 2 aromatic rings. The minimum absolute atomic E-state index is 0.478. The Morgan fingerprint density at radius 3 is 2.11 bits per heavy atom. The molecule has 0 radical (unpaired) electrons. The molecule has 100 valence electrons. The molecule has 0 aliphatic rings. The van der Waals surface area contributed by atoms with Gasteiger partial charge < -0.3 is 9.47 Å². The zero-order valence-electron chi connectivity index (χ0n) is 10.6. The molecule has 0 bridgehead atoms. The molecule has 1 aromatic carbocycles. The van der Waals surface area contributed by atoms with E-state index in [1.165, 1.54) is 11.8 Å². The van der Waals surface area contributed by atoms with Crippen LogP contribution in [-0.2, 0) is 5.88 Å². The molecular weight excluding hydrogens is 284 g/mol. The number of hydrogen-bond donors (Lipinski definition) is 0. The zero-order valence-corrected chi connectivity index (χ0v) is 12.2. The fraction of sp³-hybridized carbons (Fsp3) is 0.231. The Labute approximate surface area is 121 Å². The summed E-state index contributed by atoms with van der Waals surface area (Å²) in [4.78, 5) is 9.55. The number of aromatic nitrogens is 2. The van der Waals surface area contributed by atoms with Gasteiger partial charge in [0.25, 0.3) is 0 Å². The van der Waals surface area contributed by atoms with Crippen molar-refractivity contribution >= 4 is 23.4 Å². The highest BCUT2D eigenvalue weighted by molar-refractivity contribution is 7.99. The van der Waals surface area contributed by atoms with Crippen molar-refractivity contribution < 1.29 is 9.47 Å². The molecule has 0 saturated carbocycles. The number of nitrogens with zero attached hydrogens (tertiary/aromatic N) is 2. The molecule has 4 nitrogen and oxygen atoms in total. The Morgan fingerprint density at radius 2 is 1.63 bits per heavy atom. The summed E-state index contributed by atoms with van der Waals surface area (Å²) in [6.45, 7) is 0. The van der Waals surface area contributed by atoms with Crippen LogP contribution >= 0.6 is 23.4 Å². The highest BCUT2D eigenvalue weighted by Gasteiger charge is 2.07. The Bertz CT molecular complexity index is 527. The molecule has 0 aliphatic carbocycles. The lowest BCUT2D eigenvalue weighted by molar-refractivity contribution is 0.364. The highest BCUT2D eigenvalue weighted by atomic mass is 35.5. The van der Waals surface area contributed by atoms with E-state index in [1.54, 1.807) is 20.3 Å². The second-order valence-electron chi connectivity index (χ2n) is 3.61. The monoisotopic (exact) mass is 296 g/mol. The summed E-state index contributed by atoms with van der Waals surface area (Å²) in [5, 5.41) is 0.579. The van der Waals surface area contributed by atoms with Crippen molar-refractivity contribution in [2.75, 3.05) is 14.2 Å². The minimum Gasteiger partial charge on any atom is -0.481 e. The molecule has 0 saturated heterocycles. The van der Waals surface area contributed by atoms with Crippen LogP contribution in [0.3, 0.4) is 0 Å². The molecule has 0 amide bonds. The maximum absolute atomic E-state index is 5.75. The average molecular weight is 297 g/mol. The van der Waals surface area contributed by atoms with Gasteiger partial charge in [-0.05, 0) is 29.5 Å². The molecule has 0 fully saturated rings. The van der Waals surface area contributed by atoms with E-state index in [9.17, 15) is 0 Å². The average Bonchev–Trinajstić information content (AvgIpc) is 2.47. The molecule has 1 aromatic heterocycles. The van der Waals surface area contributed by atoms with Gasteiger partial charge in [0.1, 0.15) is 0 Å². The molecule has 0 atom stereocenters. The third-order valence-electron chi connectivity index (χ3n) is 2.36. The van der Waals surface area contributed by atoms with Gasteiger partial charge in [-0.1, -0.05) is 12.1 Å². The fourth-order valence-corrected chi connectivity index (χ4v) is 2.32. The molecule has 2 rings (SSSR count). The summed E-state index contributed by atoms with van der Waals surface area (Å²) in [6, 6.07) is 9.56. The normalized spacial score (nSPS) is 10.3. The van der Waals surface area contributed by atoms with Crippen LogP contribution in [0.4, 0.5) is 0 Å². The summed E-state index contributed by atoms with van der Waals surface area (Å²) >= 11 is 7.19. The topological polar surface area (TPSA) is 44.2 Å². The maximum atomic E-state index is 5.75. The van der Waals surface area contributed by atoms with Gasteiger partial charge in [-0.15, -0.1) is 11.6 Å². The van der Waals surface area contributed by atoms with E-state index in [-0.39, 0.29) is 0 Å². The van der Waals surface area contributed by atoms with Gasteiger partial charge in [0, 0.05) is 10.8 Å². The van der Waals surface area contributed by atoms with Crippen molar-refractivity contribution in [2.45, 2.75) is 15.9 Å². The molecular formula is C13H13ClN2O2S. The zero-order chi connectivity index (χ0) is 13.7. The van der Waals surface area contributed by atoms with Gasteiger partial charge in [0.15, 0.2) is 5.16 Å². The summed E-state index contributed by atoms with van der Waals surface area (Å²) < 4.78 is 10.2. The summed E-state index contributed by atoms with van der Waals surface area (Å²) in [6.07, 6.45) is 0. The Hall–Kier alpha value is -1.46. The summed E-state index contributed by atoms with van der Waals surface area (Å²) in [5.41, 5.74) is 1.08. The Balaban J connectivity index is 2.21. The van der Waals surface area contributed by atoms with Crippen LogP contribution in [0.2, 0.25) is 0 Å². The minimum atomic E-state index is 0.478. The number of ether oxygens (including phenoxy) is 2. The van der Waals surface area contributed by atoms with Crippen molar-refractivity contribution in [3.8, 4) is 11.8 Å². The third kappa shape index (κ3) is 3.75. The van der Waals surface area contributed by atoms with Crippen molar-refractivity contribution in [1.82, 2.24) is 9.97 Å². The van der Waals surface area contributed by atoms with Crippen molar-refractivity contribution in [3.63, 3.8) is 0 Å². The Morgan fingerprint density at radius 1 is 1.05 bits per heavy atom. The van der Waals surface area contributed by atoms with E-state index in [2.05, 4.69) is 9.97 Å². The van der Waals surface area contributed by atoms with Gasteiger partial charge >= 0.3 is 0 Å². The second kappa shape index (κ2) is 6.63. The second-order valence-corrected chi connectivity index (χ2v) is 4.92. The lowest BCUT2D eigenvalue weighted by atomic mass is 10.2. The van der Waals surface area contributed by atoms with Crippen molar-refractivity contribution in [2.24, 2.45) is 0 Å². The van der Waals surface area contributed by atoms with Crippen LogP contribution in [0.15, 0.2) is 40.4 Å². The molecule has 1 heterocycles. The first-order valence-electron chi connectivity index (χ1n) is 5.55. The predicted molar refractivity (Wildman–Crippen MR) is 75.3 cm³/mol. The molecule has 0 N–H and O–H groups in total. The van der Waals surface area contributed by atoms with E-state index in [0.717, 1.165) is 10.5 Å². The number of rotatable bonds is 5. The molecule has 19 heavy (non-hydrogen) atoms. The van der Waals surface area contributed by atoms with E-state index in [4.69, 9.17) is 21.1 Å². The highest BCUT2D eigenvalue weighted by Crippen LogP contribution is 2.28. The standard InChI is InChI=1S/C13H13ClN2O2S/c1-17-11-7-12(18-2)16-13(15-11)19-10-5-3-9(8-14)4-6-10/h3-7H,8H2,1-2H3. The lowest BCUT2D eigenvalue weighted by Gasteiger charge is -2.06. The van der Waals surface area contributed by atoms with Gasteiger partial charge in [-0.25, -0.2) is 0 Å². The Kier molecular flexibility index (Phi) is 4.87. The maximum Gasteiger partial charge on any atom is 0.220 e. The number of alkyl halides is 1. The summed E-state index contributed by atoms with van der Waals surface area (Å²) in [5.74, 6) is 1.47. The van der Waals surface area contributed by atoms with Crippen LogP contribution in [0.1, 0.15) is 5.56 Å². The van der Waals surface area contributed by atoms with E-state index in [1.807, 2.05) is 24.3 Å². The quantitative estimate of drug-likeness (QED) is 0.625. The van der Waals surface area contributed by atoms with E-state index < -0.39 is 0 Å². The van der Waals surface area contributed by atoms with Crippen molar-refractivity contribution in [1.29, 1.82) is 0 Å². The number of halogens is 1. The van der Waals surface area contributed by atoms with E-state index >= 15 is 0 Å². The molecule has 0 unspecified atom stereocenters. The smallest absolute Gasteiger partial charge is 0.220 e.